The fourth-order valence-electron chi connectivity index (χ4n) is 1.54. The van der Waals surface area contributed by atoms with E-state index in [1.54, 1.807) is 18.3 Å². The highest BCUT2D eigenvalue weighted by atomic mass is 16.1. The lowest BCUT2D eigenvalue weighted by Gasteiger charge is -2.04. The summed E-state index contributed by atoms with van der Waals surface area (Å²) in [4.78, 5) is 15.9. The van der Waals surface area contributed by atoms with Crippen molar-refractivity contribution in [1.82, 2.24) is 10.3 Å². The summed E-state index contributed by atoms with van der Waals surface area (Å²) in [6.45, 7) is 8.60. The first kappa shape index (κ1) is 18.8. The van der Waals surface area contributed by atoms with Crippen LogP contribution in [0.1, 0.15) is 43.7 Å². The maximum atomic E-state index is 11.7. The number of hydrogen-bond donors (Lipinski definition) is 1. The minimum Gasteiger partial charge on any atom is -0.352 e. The number of rotatable bonds is 4. The van der Waals surface area contributed by atoms with Crippen LogP contribution in [0.15, 0.2) is 54.7 Å². The molecule has 0 aliphatic carbocycles. The minimum atomic E-state index is -0.0402. The lowest BCUT2D eigenvalue weighted by atomic mass is 10.2. The van der Waals surface area contributed by atoms with E-state index in [1.165, 1.54) is 0 Å². The van der Waals surface area contributed by atoms with Gasteiger partial charge < -0.3 is 5.32 Å². The first-order valence-corrected chi connectivity index (χ1v) is 7.59. The summed E-state index contributed by atoms with van der Waals surface area (Å²) >= 11 is 0. The van der Waals surface area contributed by atoms with Crippen molar-refractivity contribution in [2.24, 2.45) is 0 Å². The van der Waals surface area contributed by atoms with E-state index in [-0.39, 0.29) is 5.91 Å². The maximum Gasteiger partial charge on any atom is 0.251 e. The molecule has 0 fully saturated rings. The van der Waals surface area contributed by atoms with Crippen LogP contribution < -0.4 is 5.32 Å². The number of pyridine rings is 1. The van der Waals surface area contributed by atoms with Crippen LogP contribution in [0.2, 0.25) is 0 Å². The molecule has 0 spiro atoms. The molecular formula is C18H26N2O. The SMILES string of the molecule is CC.CC.O=C(NCCc1ccccn1)c1ccccc1. The van der Waals surface area contributed by atoms with Crippen LogP contribution in [0.4, 0.5) is 0 Å². The highest BCUT2D eigenvalue weighted by molar-refractivity contribution is 5.94. The van der Waals surface area contributed by atoms with E-state index in [2.05, 4.69) is 10.3 Å². The third kappa shape index (κ3) is 7.88. The summed E-state index contributed by atoms with van der Waals surface area (Å²) in [6, 6.07) is 15.0. The second kappa shape index (κ2) is 12.9. The molecule has 114 valence electrons. The Balaban J connectivity index is 0.000000921. The van der Waals surface area contributed by atoms with Gasteiger partial charge in [0, 0.05) is 30.4 Å². The van der Waals surface area contributed by atoms with Crippen LogP contribution in [-0.2, 0) is 6.42 Å². The molecule has 2 rings (SSSR count). The van der Waals surface area contributed by atoms with Gasteiger partial charge in [-0.25, -0.2) is 0 Å². The fourth-order valence-corrected chi connectivity index (χ4v) is 1.54. The third-order valence-electron chi connectivity index (χ3n) is 2.43. The van der Waals surface area contributed by atoms with Gasteiger partial charge in [0.15, 0.2) is 0 Å². The molecule has 0 atom stereocenters. The number of amides is 1. The zero-order valence-electron chi connectivity index (χ0n) is 13.5. The molecule has 0 saturated carbocycles. The number of carbonyl (C=O) groups excluding carboxylic acids is 1. The Morgan fingerprint density at radius 2 is 1.57 bits per heavy atom. The van der Waals surface area contributed by atoms with Gasteiger partial charge in [0.2, 0.25) is 0 Å². The van der Waals surface area contributed by atoms with Crippen LogP contribution in [0.25, 0.3) is 0 Å². The number of hydrogen-bond acceptors (Lipinski definition) is 2. The second-order valence-electron chi connectivity index (χ2n) is 3.69. The van der Waals surface area contributed by atoms with Crippen molar-refractivity contribution < 1.29 is 4.79 Å². The van der Waals surface area contributed by atoms with Gasteiger partial charge in [-0.15, -0.1) is 0 Å². The molecular weight excluding hydrogens is 260 g/mol. The van der Waals surface area contributed by atoms with Gasteiger partial charge in [-0.05, 0) is 24.3 Å². The normalized spacial score (nSPS) is 8.57. The summed E-state index contributed by atoms with van der Waals surface area (Å²) in [5.74, 6) is -0.0402. The van der Waals surface area contributed by atoms with Gasteiger partial charge in [0.1, 0.15) is 0 Å². The molecule has 21 heavy (non-hydrogen) atoms. The van der Waals surface area contributed by atoms with Gasteiger partial charge in [0.25, 0.3) is 5.91 Å². The van der Waals surface area contributed by atoms with E-state index >= 15 is 0 Å². The molecule has 0 saturated heterocycles. The van der Waals surface area contributed by atoms with Gasteiger partial charge in [-0.2, -0.15) is 0 Å². The minimum absolute atomic E-state index is 0.0402. The smallest absolute Gasteiger partial charge is 0.251 e. The highest BCUT2D eigenvalue weighted by Gasteiger charge is 2.03. The lowest BCUT2D eigenvalue weighted by molar-refractivity contribution is 0.0954. The molecule has 1 amide bonds. The van der Waals surface area contributed by atoms with Crippen molar-refractivity contribution in [2.45, 2.75) is 34.1 Å². The predicted molar refractivity (Wildman–Crippen MR) is 89.4 cm³/mol. The first-order valence-electron chi connectivity index (χ1n) is 7.59. The predicted octanol–water partition coefficient (Wildman–Crippen LogP) is 4.11. The molecule has 0 aliphatic rings. The van der Waals surface area contributed by atoms with Crippen LogP contribution in [0.5, 0.6) is 0 Å². The summed E-state index contributed by atoms with van der Waals surface area (Å²) in [5.41, 5.74) is 1.68. The Hall–Kier alpha value is -2.16. The van der Waals surface area contributed by atoms with E-state index in [0.29, 0.717) is 12.1 Å². The molecule has 1 N–H and O–H groups in total. The summed E-state index contributed by atoms with van der Waals surface area (Å²) in [5, 5.41) is 2.87. The van der Waals surface area contributed by atoms with E-state index in [0.717, 1.165) is 12.1 Å². The largest absolute Gasteiger partial charge is 0.352 e. The summed E-state index contributed by atoms with van der Waals surface area (Å²) in [6.07, 6.45) is 2.51. The Morgan fingerprint density at radius 1 is 0.952 bits per heavy atom. The van der Waals surface area contributed by atoms with Crippen molar-refractivity contribution in [3.63, 3.8) is 0 Å². The van der Waals surface area contributed by atoms with Crippen LogP contribution >= 0.6 is 0 Å². The van der Waals surface area contributed by atoms with E-state index in [9.17, 15) is 4.79 Å². The Labute approximate surface area is 128 Å². The summed E-state index contributed by atoms with van der Waals surface area (Å²) < 4.78 is 0. The van der Waals surface area contributed by atoms with Crippen molar-refractivity contribution in [3.05, 3.63) is 66.0 Å². The standard InChI is InChI=1S/C14H14N2O.2C2H6/c17-14(12-6-2-1-3-7-12)16-11-9-13-8-4-5-10-15-13;2*1-2/h1-8,10H,9,11H2,(H,16,17);2*1-2H3. The molecule has 0 aliphatic heterocycles. The second-order valence-corrected chi connectivity index (χ2v) is 3.69. The van der Waals surface area contributed by atoms with Crippen molar-refractivity contribution in [3.8, 4) is 0 Å². The molecule has 3 nitrogen and oxygen atoms in total. The topological polar surface area (TPSA) is 42.0 Å². The maximum absolute atomic E-state index is 11.7. The Bertz CT molecular complexity index is 469. The molecule has 1 aromatic carbocycles. The summed E-state index contributed by atoms with van der Waals surface area (Å²) in [7, 11) is 0. The lowest BCUT2D eigenvalue weighted by Crippen LogP contribution is -2.25. The zero-order chi connectivity index (χ0) is 15.9. The average molecular weight is 286 g/mol. The molecule has 2 aromatic rings. The fraction of sp³-hybridized carbons (Fsp3) is 0.333. The quantitative estimate of drug-likeness (QED) is 0.919. The van der Waals surface area contributed by atoms with Gasteiger partial charge in [-0.1, -0.05) is 52.0 Å². The average Bonchev–Trinajstić information content (AvgIpc) is 2.60. The number of benzene rings is 1. The Morgan fingerprint density at radius 3 is 2.14 bits per heavy atom. The number of nitrogens with one attached hydrogen (secondary N) is 1. The number of nitrogens with zero attached hydrogens (tertiary/aromatic N) is 1. The van der Waals surface area contributed by atoms with Crippen molar-refractivity contribution >= 4 is 5.91 Å². The van der Waals surface area contributed by atoms with Crippen LogP contribution in [0.3, 0.4) is 0 Å². The highest BCUT2D eigenvalue weighted by Crippen LogP contribution is 1.98. The van der Waals surface area contributed by atoms with E-state index in [1.807, 2.05) is 64.1 Å². The van der Waals surface area contributed by atoms with Crippen LogP contribution in [0, 0.1) is 0 Å². The van der Waals surface area contributed by atoms with E-state index in [4.69, 9.17) is 0 Å². The van der Waals surface area contributed by atoms with Gasteiger partial charge >= 0.3 is 0 Å². The molecule has 1 heterocycles. The van der Waals surface area contributed by atoms with Crippen molar-refractivity contribution in [2.75, 3.05) is 6.54 Å². The molecule has 0 radical (unpaired) electrons. The third-order valence-corrected chi connectivity index (χ3v) is 2.43. The van der Waals surface area contributed by atoms with Gasteiger partial charge in [-0.3, -0.25) is 9.78 Å². The number of carbonyl (C=O) groups is 1. The zero-order valence-corrected chi connectivity index (χ0v) is 13.5. The van der Waals surface area contributed by atoms with E-state index < -0.39 is 0 Å². The molecule has 0 bridgehead atoms. The van der Waals surface area contributed by atoms with Crippen molar-refractivity contribution in [1.29, 1.82) is 0 Å². The molecule has 1 aromatic heterocycles. The molecule has 0 unspecified atom stereocenters. The Kier molecular flexibility index (Phi) is 11.5. The number of aromatic nitrogens is 1. The molecule has 3 heteroatoms. The monoisotopic (exact) mass is 286 g/mol. The first-order chi connectivity index (χ1) is 10.4. The van der Waals surface area contributed by atoms with Crippen LogP contribution in [-0.4, -0.2) is 17.4 Å². The van der Waals surface area contributed by atoms with Gasteiger partial charge in [0.05, 0.1) is 0 Å².